The van der Waals surface area contributed by atoms with Crippen LogP contribution in [-0.4, -0.2) is 40.6 Å². The number of ether oxygens (including phenoxy) is 1. The Morgan fingerprint density at radius 2 is 1.79 bits per heavy atom. The molecule has 2 aliphatic rings. The van der Waals surface area contributed by atoms with E-state index in [2.05, 4.69) is 0 Å². The number of alkyl halides is 3. The molecule has 2 fully saturated rings. The number of rotatable bonds is 4. The number of Topliss-reactive ketones (excluding diaryl/α,β-unsaturated/α-hetero) is 1. The van der Waals surface area contributed by atoms with Crippen LogP contribution >= 0.6 is 0 Å². The highest BCUT2D eigenvalue weighted by Gasteiger charge is 2.56. The molecule has 0 N–H and O–H groups in total. The average Bonchev–Trinajstić information content (AvgIpc) is 3.02. The van der Waals surface area contributed by atoms with Gasteiger partial charge in [-0.15, -0.1) is 0 Å². The van der Waals surface area contributed by atoms with Crippen molar-refractivity contribution in [3.8, 4) is 0 Å². The number of hydrogen-bond acceptors (Lipinski definition) is 3. The number of carbonyl (C=O) groups excluding carboxylic acids is 2. The highest BCUT2D eigenvalue weighted by Crippen LogP contribution is 2.48. The van der Waals surface area contributed by atoms with E-state index in [0.717, 1.165) is 6.42 Å². The molecule has 24 heavy (non-hydrogen) atoms. The molecule has 0 bridgehead atoms. The van der Waals surface area contributed by atoms with Gasteiger partial charge in [-0.25, -0.2) is 9.18 Å². The number of amides is 1. The van der Waals surface area contributed by atoms with Gasteiger partial charge in [0.2, 0.25) is 0 Å². The topological polar surface area (TPSA) is 46.6 Å². The molecular formula is C16H21F4NO3. The predicted molar refractivity (Wildman–Crippen MR) is 77.9 cm³/mol. The Hall–Kier alpha value is -1.60. The Morgan fingerprint density at radius 1 is 1.17 bits per heavy atom. The molecule has 136 valence electrons. The molecule has 0 aromatic heterocycles. The normalized spacial score (nSPS) is 27.0. The fraction of sp³-hybridized carbons (Fsp3) is 0.750. The van der Waals surface area contributed by atoms with Gasteiger partial charge in [0.25, 0.3) is 0 Å². The fourth-order valence-electron chi connectivity index (χ4n) is 2.98. The summed E-state index contributed by atoms with van der Waals surface area (Å²) in [6, 6.07) is -0.786. The Kier molecular flexibility index (Phi) is 4.97. The van der Waals surface area contributed by atoms with Crippen molar-refractivity contribution >= 4 is 11.9 Å². The fourth-order valence-corrected chi connectivity index (χ4v) is 2.98. The quantitative estimate of drug-likeness (QED) is 0.715. The highest BCUT2D eigenvalue weighted by atomic mass is 19.4. The van der Waals surface area contributed by atoms with Gasteiger partial charge in [0.1, 0.15) is 11.4 Å². The summed E-state index contributed by atoms with van der Waals surface area (Å²) in [5.74, 6) is -1.59. The zero-order valence-electron chi connectivity index (χ0n) is 13.8. The molecule has 1 heterocycles. The molecule has 1 saturated carbocycles. The van der Waals surface area contributed by atoms with Gasteiger partial charge >= 0.3 is 12.3 Å². The largest absolute Gasteiger partial charge is 0.444 e. The molecule has 1 aliphatic heterocycles. The van der Waals surface area contributed by atoms with E-state index in [1.807, 2.05) is 0 Å². The molecule has 0 unspecified atom stereocenters. The number of ketones is 1. The summed E-state index contributed by atoms with van der Waals surface area (Å²) in [6.07, 6.45) is -5.52. The lowest BCUT2D eigenvalue weighted by Crippen LogP contribution is -2.45. The summed E-state index contributed by atoms with van der Waals surface area (Å²) in [4.78, 5) is 25.9. The van der Waals surface area contributed by atoms with Gasteiger partial charge in [0.05, 0.1) is 12.1 Å². The van der Waals surface area contributed by atoms with Crippen LogP contribution in [0.4, 0.5) is 22.4 Å². The summed E-state index contributed by atoms with van der Waals surface area (Å²) in [5.41, 5.74) is -0.709. The maximum absolute atomic E-state index is 13.2. The Balaban J connectivity index is 1.96. The van der Waals surface area contributed by atoms with E-state index < -0.39 is 48.0 Å². The molecule has 1 amide bonds. The monoisotopic (exact) mass is 351 g/mol. The third kappa shape index (κ3) is 4.95. The molecule has 3 atom stereocenters. The van der Waals surface area contributed by atoms with Crippen molar-refractivity contribution in [2.45, 2.75) is 70.3 Å². The maximum Gasteiger partial charge on any atom is 0.412 e. The molecule has 1 aliphatic carbocycles. The van der Waals surface area contributed by atoms with Gasteiger partial charge in [-0.05, 0) is 39.5 Å². The Morgan fingerprint density at radius 3 is 2.33 bits per heavy atom. The number of nitrogens with zero attached hydrogens (tertiary/aromatic N) is 1. The zero-order chi connectivity index (χ0) is 18.3. The first kappa shape index (κ1) is 18.7. The van der Waals surface area contributed by atoms with E-state index in [0.29, 0.717) is 6.42 Å². The summed E-state index contributed by atoms with van der Waals surface area (Å²) < 4.78 is 54.6. The van der Waals surface area contributed by atoms with E-state index in [1.54, 1.807) is 20.8 Å². The van der Waals surface area contributed by atoms with Crippen LogP contribution in [0.15, 0.2) is 11.9 Å². The van der Waals surface area contributed by atoms with Crippen LogP contribution in [0.2, 0.25) is 0 Å². The van der Waals surface area contributed by atoms with Crippen LogP contribution in [-0.2, 0) is 9.53 Å². The van der Waals surface area contributed by atoms with Crippen LogP contribution in [0.5, 0.6) is 0 Å². The first-order valence-electron chi connectivity index (χ1n) is 7.85. The van der Waals surface area contributed by atoms with Gasteiger partial charge in [0, 0.05) is 18.9 Å². The van der Waals surface area contributed by atoms with Crippen LogP contribution < -0.4 is 0 Å². The van der Waals surface area contributed by atoms with Crippen molar-refractivity contribution in [1.29, 1.82) is 0 Å². The predicted octanol–water partition coefficient (Wildman–Crippen LogP) is 4.15. The molecule has 0 aromatic rings. The van der Waals surface area contributed by atoms with Crippen molar-refractivity contribution in [3.05, 3.63) is 11.9 Å². The lowest BCUT2D eigenvalue weighted by molar-refractivity contribution is -0.124. The number of likely N-dealkylation sites (tertiary alicyclic amines) is 1. The second-order valence-electron chi connectivity index (χ2n) is 7.30. The van der Waals surface area contributed by atoms with Crippen molar-refractivity contribution in [3.63, 3.8) is 0 Å². The van der Waals surface area contributed by atoms with Gasteiger partial charge in [-0.1, -0.05) is 0 Å². The number of piperidine rings is 1. The van der Waals surface area contributed by atoms with Crippen molar-refractivity contribution in [1.82, 2.24) is 4.90 Å². The molecule has 8 heteroatoms. The second kappa shape index (κ2) is 6.37. The minimum Gasteiger partial charge on any atom is -0.444 e. The smallest absolute Gasteiger partial charge is 0.412 e. The van der Waals surface area contributed by atoms with Gasteiger partial charge in [-0.2, -0.15) is 13.2 Å². The molecule has 1 saturated heterocycles. The number of halogens is 4. The minimum atomic E-state index is -4.75. The van der Waals surface area contributed by atoms with Crippen molar-refractivity contribution in [2.24, 2.45) is 5.92 Å². The maximum atomic E-state index is 13.2. The second-order valence-corrected chi connectivity index (χ2v) is 7.30. The molecule has 0 aromatic carbocycles. The number of fused-ring (bicyclic) bond motifs is 1. The van der Waals surface area contributed by atoms with Crippen LogP contribution in [0, 0.1) is 5.92 Å². The van der Waals surface area contributed by atoms with Crippen molar-refractivity contribution in [2.75, 3.05) is 0 Å². The third-order valence-corrected chi connectivity index (χ3v) is 4.01. The molecule has 0 spiro atoms. The van der Waals surface area contributed by atoms with E-state index in [4.69, 9.17) is 4.74 Å². The van der Waals surface area contributed by atoms with Crippen LogP contribution in [0.1, 0.15) is 46.5 Å². The van der Waals surface area contributed by atoms with Crippen molar-refractivity contribution < 1.29 is 31.9 Å². The summed E-state index contributed by atoms with van der Waals surface area (Å²) >= 11 is 0. The van der Waals surface area contributed by atoms with E-state index in [1.165, 1.54) is 4.90 Å². The van der Waals surface area contributed by atoms with E-state index in [-0.39, 0.29) is 18.4 Å². The van der Waals surface area contributed by atoms with Gasteiger partial charge in [-0.3, -0.25) is 9.69 Å². The van der Waals surface area contributed by atoms with Crippen LogP contribution in [0.3, 0.4) is 0 Å². The molecule has 4 nitrogen and oxygen atoms in total. The summed E-state index contributed by atoms with van der Waals surface area (Å²) in [6.45, 7) is 5.12. The molecule has 2 rings (SSSR count). The molecular weight excluding hydrogens is 330 g/mol. The van der Waals surface area contributed by atoms with E-state index in [9.17, 15) is 27.2 Å². The third-order valence-electron chi connectivity index (χ3n) is 4.01. The first-order valence-corrected chi connectivity index (χ1v) is 7.85. The first-order chi connectivity index (χ1) is 10.9. The molecule has 0 radical (unpaired) electrons. The number of carbonyl (C=O) groups is 2. The number of hydrogen-bond donors (Lipinski definition) is 0. The Labute approximate surface area is 137 Å². The number of allylic oxidation sites excluding steroid dienone is 2. The van der Waals surface area contributed by atoms with Gasteiger partial charge in [0.15, 0.2) is 5.78 Å². The van der Waals surface area contributed by atoms with E-state index >= 15 is 0 Å². The summed E-state index contributed by atoms with van der Waals surface area (Å²) in [7, 11) is 0. The Bertz CT molecular complexity index is 551. The lowest BCUT2D eigenvalue weighted by Gasteiger charge is -2.29. The SMILES string of the molecule is CC(C)(C)OC(=O)N1[C@@H]2C[C@@H]2C[C@H]1C(=O)CC/C(F)=C/C(F)(F)F. The van der Waals surface area contributed by atoms with Crippen LogP contribution in [0.25, 0.3) is 0 Å². The van der Waals surface area contributed by atoms with Gasteiger partial charge < -0.3 is 4.74 Å². The average molecular weight is 351 g/mol. The minimum absolute atomic E-state index is 0.0515. The standard InChI is InChI=1S/C16H21F4NO3/c1-15(2,3)24-14(23)21-11-6-9(11)7-12(21)13(22)5-4-10(17)8-16(18,19)20/h8-9,11-12H,4-7H2,1-3H3/b10-8-/t9-,11-,12+/m1/s1. The summed E-state index contributed by atoms with van der Waals surface area (Å²) in [5, 5.41) is 0. The zero-order valence-corrected chi connectivity index (χ0v) is 13.8. The lowest BCUT2D eigenvalue weighted by atomic mass is 10.0. The highest BCUT2D eigenvalue weighted by molar-refractivity contribution is 5.88.